The van der Waals surface area contributed by atoms with Gasteiger partial charge >= 0.3 is 0 Å². The fraction of sp³-hybridized carbons (Fsp3) is 0.667. The van der Waals surface area contributed by atoms with Crippen LogP contribution in [0.15, 0.2) is 0 Å². The van der Waals surface area contributed by atoms with Gasteiger partial charge in [0, 0.05) is 0 Å². The van der Waals surface area contributed by atoms with Crippen molar-refractivity contribution in [1.29, 1.82) is 0 Å². The smallest absolute Gasteiger partial charge is 0.234 e. The molecule has 1 saturated heterocycles. The van der Waals surface area contributed by atoms with Crippen molar-refractivity contribution in [2.24, 2.45) is 23.7 Å². The van der Waals surface area contributed by atoms with Crippen molar-refractivity contribution in [2.75, 3.05) is 6.54 Å². The standard InChI is InChI=1S/C12H13NO2/c1-2-5-13-11(14)9-7-3-4-8(6-7)10(9)12(13)15/h1,7-10H,3-6H2/t7-,8+,9+,10-. The molecular formula is C12H13NO2. The molecule has 3 rings (SSSR count). The lowest BCUT2D eigenvalue weighted by Crippen LogP contribution is -2.33. The van der Waals surface area contributed by atoms with E-state index in [0.29, 0.717) is 11.8 Å². The maximum Gasteiger partial charge on any atom is 0.234 e. The summed E-state index contributed by atoms with van der Waals surface area (Å²) >= 11 is 0. The van der Waals surface area contributed by atoms with Crippen molar-refractivity contribution in [3.8, 4) is 12.3 Å². The maximum atomic E-state index is 12.0. The Labute approximate surface area is 88.8 Å². The third-order valence-corrected chi connectivity index (χ3v) is 4.27. The molecule has 0 N–H and O–H groups in total. The lowest BCUT2D eigenvalue weighted by molar-refractivity contribution is -0.139. The first kappa shape index (κ1) is 8.96. The Morgan fingerprint density at radius 2 is 1.73 bits per heavy atom. The molecule has 0 aromatic heterocycles. The van der Waals surface area contributed by atoms with Crippen molar-refractivity contribution >= 4 is 11.8 Å². The molecular weight excluding hydrogens is 190 g/mol. The second-order valence-corrected chi connectivity index (χ2v) is 4.85. The van der Waals surface area contributed by atoms with Crippen LogP contribution in [0.3, 0.4) is 0 Å². The number of carbonyl (C=O) groups excluding carboxylic acids is 2. The van der Waals surface area contributed by atoms with Crippen LogP contribution in [0.4, 0.5) is 0 Å². The minimum atomic E-state index is -0.0235. The third kappa shape index (κ3) is 0.971. The lowest BCUT2D eigenvalue weighted by atomic mass is 9.81. The van der Waals surface area contributed by atoms with E-state index in [1.807, 2.05) is 0 Å². The van der Waals surface area contributed by atoms with Gasteiger partial charge in [-0.25, -0.2) is 0 Å². The van der Waals surface area contributed by atoms with Crippen LogP contribution in [0.5, 0.6) is 0 Å². The summed E-state index contributed by atoms with van der Waals surface area (Å²) in [5.74, 6) is 3.25. The van der Waals surface area contributed by atoms with Crippen molar-refractivity contribution in [1.82, 2.24) is 4.90 Å². The molecule has 3 nitrogen and oxygen atoms in total. The van der Waals surface area contributed by atoms with Gasteiger partial charge in [-0.15, -0.1) is 6.42 Å². The average Bonchev–Trinajstić information content (AvgIpc) is 2.87. The molecule has 3 heteroatoms. The highest BCUT2D eigenvalue weighted by Crippen LogP contribution is 2.55. The zero-order valence-corrected chi connectivity index (χ0v) is 8.48. The molecule has 2 aliphatic carbocycles. The number of likely N-dealkylation sites (tertiary alicyclic amines) is 1. The molecule has 0 spiro atoms. The second-order valence-electron chi connectivity index (χ2n) is 4.85. The number of nitrogens with zero attached hydrogens (tertiary/aromatic N) is 1. The molecule has 3 aliphatic rings. The number of terminal acetylenes is 1. The number of hydrogen-bond donors (Lipinski definition) is 0. The van der Waals surface area contributed by atoms with Gasteiger partial charge in [0.1, 0.15) is 0 Å². The molecule has 4 atom stereocenters. The Balaban J connectivity index is 1.94. The van der Waals surface area contributed by atoms with Crippen molar-refractivity contribution in [3.05, 3.63) is 0 Å². The lowest BCUT2D eigenvalue weighted by Gasteiger charge is -2.19. The van der Waals surface area contributed by atoms with Gasteiger partial charge in [0.25, 0.3) is 0 Å². The first-order chi connectivity index (χ1) is 7.24. The molecule has 0 radical (unpaired) electrons. The minimum absolute atomic E-state index is 0.00449. The monoisotopic (exact) mass is 203 g/mol. The van der Waals surface area contributed by atoms with E-state index in [0.717, 1.165) is 19.3 Å². The summed E-state index contributed by atoms with van der Waals surface area (Å²) < 4.78 is 0. The molecule has 2 saturated carbocycles. The van der Waals surface area contributed by atoms with Crippen molar-refractivity contribution in [3.63, 3.8) is 0 Å². The predicted octanol–water partition coefficient (Wildman–Crippen LogP) is 0.651. The topological polar surface area (TPSA) is 37.4 Å². The zero-order chi connectivity index (χ0) is 10.6. The Morgan fingerprint density at radius 1 is 1.20 bits per heavy atom. The molecule has 3 fully saturated rings. The molecule has 1 aliphatic heterocycles. The van der Waals surface area contributed by atoms with Crippen LogP contribution < -0.4 is 0 Å². The Kier molecular flexibility index (Phi) is 1.70. The van der Waals surface area contributed by atoms with Gasteiger partial charge in [0.05, 0.1) is 18.4 Å². The van der Waals surface area contributed by atoms with Crippen LogP contribution in [-0.2, 0) is 9.59 Å². The molecule has 15 heavy (non-hydrogen) atoms. The van der Waals surface area contributed by atoms with Crippen LogP contribution in [0, 0.1) is 36.0 Å². The van der Waals surface area contributed by atoms with Gasteiger partial charge < -0.3 is 0 Å². The largest absolute Gasteiger partial charge is 0.274 e. The van der Waals surface area contributed by atoms with Crippen LogP contribution >= 0.6 is 0 Å². The maximum absolute atomic E-state index is 12.0. The summed E-state index contributed by atoms with van der Waals surface area (Å²) in [5.41, 5.74) is 0. The third-order valence-electron chi connectivity index (χ3n) is 4.27. The summed E-state index contributed by atoms with van der Waals surface area (Å²) in [6.45, 7) is 0.157. The highest BCUT2D eigenvalue weighted by Gasteiger charge is 2.60. The van der Waals surface area contributed by atoms with E-state index in [1.54, 1.807) is 0 Å². The van der Waals surface area contributed by atoms with Gasteiger partial charge in [-0.2, -0.15) is 0 Å². The SMILES string of the molecule is C#CCN1C(=O)[C@@H]2[C@H]3CC[C@H](C3)[C@@H]2C1=O. The second kappa shape index (κ2) is 2.85. The molecule has 1 heterocycles. The first-order valence-electron chi connectivity index (χ1n) is 5.52. The summed E-state index contributed by atoms with van der Waals surface area (Å²) in [7, 11) is 0. The van der Waals surface area contributed by atoms with E-state index in [2.05, 4.69) is 5.92 Å². The molecule has 78 valence electrons. The number of hydrogen-bond acceptors (Lipinski definition) is 2. The summed E-state index contributed by atoms with van der Waals surface area (Å²) in [4.78, 5) is 25.3. The molecule has 0 aromatic carbocycles. The van der Waals surface area contributed by atoms with Crippen LogP contribution in [0.1, 0.15) is 19.3 Å². The van der Waals surface area contributed by atoms with E-state index >= 15 is 0 Å². The summed E-state index contributed by atoms with van der Waals surface area (Å²) in [6, 6.07) is 0. The normalized spacial score (nSPS) is 42.2. The number of rotatable bonds is 1. The van der Waals surface area contributed by atoms with Crippen LogP contribution in [0.25, 0.3) is 0 Å². The highest BCUT2D eigenvalue weighted by molar-refractivity contribution is 6.06. The fourth-order valence-corrected chi connectivity index (χ4v) is 3.72. The van der Waals surface area contributed by atoms with Gasteiger partial charge in [0.2, 0.25) is 11.8 Å². The highest BCUT2D eigenvalue weighted by atomic mass is 16.2. The van der Waals surface area contributed by atoms with Crippen LogP contribution in [0.2, 0.25) is 0 Å². The van der Waals surface area contributed by atoms with Gasteiger partial charge in [-0.05, 0) is 31.1 Å². The Hall–Kier alpha value is -1.30. The zero-order valence-electron chi connectivity index (χ0n) is 8.48. The Bertz CT molecular complexity index is 354. The quantitative estimate of drug-likeness (QED) is 0.463. The molecule has 2 amide bonds. The molecule has 0 aromatic rings. The number of imide groups is 1. The van der Waals surface area contributed by atoms with Gasteiger partial charge in [-0.3, -0.25) is 14.5 Å². The fourth-order valence-electron chi connectivity index (χ4n) is 3.72. The van der Waals surface area contributed by atoms with E-state index < -0.39 is 0 Å². The number of amides is 2. The van der Waals surface area contributed by atoms with Crippen molar-refractivity contribution < 1.29 is 9.59 Å². The minimum Gasteiger partial charge on any atom is -0.274 e. The average molecular weight is 203 g/mol. The van der Waals surface area contributed by atoms with Crippen molar-refractivity contribution in [2.45, 2.75) is 19.3 Å². The first-order valence-corrected chi connectivity index (χ1v) is 5.52. The Morgan fingerprint density at radius 3 is 2.20 bits per heavy atom. The summed E-state index contributed by atoms with van der Waals surface area (Å²) in [6.07, 6.45) is 8.49. The van der Waals surface area contributed by atoms with E-state index in [-0.39, 0.29) is 30.2 Å². The van der Waals surface area contributed by atoms with E-state index in [1.165, 1.54) is 4.90 Å². The molecule has 2 bridgehead atoms. The van der Waals surface area contributed by atoms with E-state index in [4.69, 9.17) is 6.42 Å². The van der Waals surface area contributed by atoms with E-state index in [9.17, 15) is 9.59 Å². The van der Waals surface area contributed by atoms with Crippen LogP contribution in [-0.4, -0.2) is 23.3 Å². The molecule has 0 unspecified atom stereocenters. The van der Waals surface area contributed by atoms with Gasteiger partial charge in [0.15, 0.2) is 0 Å². The predicted molar refractivity (Wildman–Crippen MR) is 53.4 cm³/mol. The number of carbonyl (C=O) groups is 2. The van der Waals surface area contributed by atoms with Gasteiger partial charge in [-0.1, -0.05) is 5.92 Å². The number of fused-ring (bicyclic) bond motifs is 5. The summed E-state index contributed by atoms with van der Waals surface area (Å²) in [5, 5.41) is 0.